The van der Waals surface area contributed by atoms with Gasteiger partial charge in [0, 0.05) is 30.6 Å². The molecule has 4 N–H and O–H groups in total. The fourth-order valence-corrected chi connectivity index (χ4v) is 4.40. The average Bonchev–Trinajstić information content (AvgIpc) is 3.69. The van der Waals surface area contributed by atoms with Gasteiger partial charge < -0.3 is 39.9 Å². The Morgan fingerprint density at radius 3 is 2.21 bits per heavy atom. The standard InChI is InChI=1S/C28H33N4O6/c29-23-9-3-1-7-21(23)17-25-35-18-26(37-25)33-15-5-12-32(14-11-31-20-32)13-6-16-34-27-19-36-28(38-27)22-8-2-4-10-24(22)30/h1-4,7-11,14,18-20,25,28H,5-6,12-13,15-17,29-30H2/q+1. The molecule has 3 unspecified atom stereocenters. The number of quaternary nitrogens is 1. The number of ether oxygens (including phenoxy) is 6. The first-order chi connectivity index (χ1) is 18.6. The molecule has 10 heteroatoms. The molecule has 2 aromatic carbocycles. The van der Waals surface area contributed by atoms with Crippen LogP contribution in [0.3, 0.4) is 0 Å². The van der Waals surface area contributed by atoms with Gasteiger partial charge in [0.15, 0.2) is 18.9 Å². The number of nitrogen functional groups attached to an aromatic ring is 2. The molecule has 38 heavy (non-hydrogen) atoms. The van der Waals surface area contributed by atoms with Crippen molar-refractivity contribution in [1.82, 2.24) is 0 Å². The summed E-state index contributed by atoms with van der Waals surface area (Å²) in [5.41, 5.74) is 15.1. The lowest BCUT2D eigenvalue weighted by Gasteiger charge is -2.27. The highest BCUT2D eigenvalue weighted by molar-refractivity contribution is 5.51. The molecule has 0 spiro atoms. The highest BCUT2D eigenvalue weighted by Crippen LogP contribution is 2.32. The van der Waals surface area contributed by atoms with E-state index in [0.717, 1.165) is 42.7 Å². The number of anilines is 2. The summed E-state index contributed by atoms with van der Waals surface area (Å²) in [5.74, 6) is 0.738. The third kappa shape index (κ3) is 6.33. The van der Waals surface area contributed by atoms with Crippen molar-refractivity contribution < 1.29 is 32.9 Å². The zero-order valence-electron chi connectivity index (χ0n) is 21.1. The molecular weight excluding hydrogens is 488 g/mol. The minimum atomic E-state index is -0.589. The molecule has 0 saturated heterocycles. The van der Waals surface area contributed by atoms with E-state index in [2.05, 4.69) is 11.2 Å². The van der Waals surface area contributed by atoms with Crippen LogP contribution in [0.5, 0.6) is 0 Å². The number of nitrogens with two attached hydrogens (primary N) is 2. The fraction of sp³-hybridized carbons (Fsp3) is 0.321. The molecule has 0 bridgehead atoms. The molecule has 0 radical (unpaired) electrons. The van der Waals surface area contributed by atoms with E-state index < -0.39 is 12.6 Å². The molecule has 3 heterocycles. The molecule has 0 saturated carbocycles. The summed E-state index contributed by atoms with van der Waals surface area (Å²) < 4.78 is 34.8. The highest BCUT2D eigenvalue weighted by Gasteiger charge is 2.28. The summed E-state index contributed by atoms with van der Waals surface area (Å²) in [6.07, 6.45) is 9.97. The third-order valence-electron chi connectivity index (χ3n) is 6.44. The van der Waals surface area contributed by atoms with Crippen LogP contribution in [0.25, 0.3) is 0 Å². The Bertz CT molecular complexity index is 1220. The maximum Gasteiger partial charge on any atom is 0.319 e. The third-order valence-corrected chi connectivity index (χ3v) is 6.44. The van der Waals surface area contributed by atoms with Crippen molar-refractivity contribution >= 4 is 17.7 Å². The summed E-state index contributed by atoms with van der Waals surface area (Å²) in [6, 6.07) is 15.1. The Balaban J connectivity index is 0.986. The molecular formula is C28H33N4O6+. The molecule has 0 aromatic heterocycles. The lowest BCUT2D eigenvalue weighted by molar-refractivity contribution is -0.780. The van der Waals surface area contributed by atoms with Gasteiger partial charge in [-0.2, -0.15) is 0 Å². The number of hydrogen-bond donors (Lipinski definition) is 2. The quantitative estimate of drug-likeness (QED) is 0.228. The van der Waals surface area contributed by atoms with Crippen molar-refractivity contribution in [2.45, 2.75) is 31.8 Å². The van der Waals surface area contributed by atoms with Crippen molar-refractivity contribution in [3.8, 4) is 0 Å². The van der Waals surface area contributed by atoms with Crippen molar-refractivity contribution in [2.24, 2.45) is 4.99 Å². The van der Waals surface area contributed by atoms with Gasteiger partial charge >= 0.3 is 11.9 Å². The van der Waals surface area contributed by atoms with Gasteiger partial charge in [-0.25, -0.2) is 4.99 Å². The van der Waals surface area contributed by atoms with E-state index in [9.17, 15) is 0 Å². The van der Waals surface area contributed by atoms with Gasteiger partial charge in [0.1, 0.15) is 6.20 Å². The van der Waals surface area contributed by atoms with Gasteiger partial charge in [0.25, 0.3) is 6.29 Å². The number of para-hydroxylation sites is 2. The van der Waals surface area contributed by atoms with E-state index in [4.69, 9.17) is 39.9 Å². The highest BCUT2D eigenvalue weighted by atomic mass is 16.8. The van der Waals surface area contributed by atoms with Gasteiger partial charge in [0.05, 0.1) is 38.1 Å². The summed E-state index contributed by atoms with van der Waals surface area (Å²) in [5, 5.41) is 0. The Morgan fingerprint density at radius 1 is 0.816 bits per heavy atom. The van der Waals surface area contributed by atoms with Crippen LogP contribution in [0, 0.1) is 0 Å². The fourth-order valence-electron chi connectivity index (χ4n) is 4.40. The minimum Gasteiger partial charge on any atom is -0.463 e. The van der Waals surface area contributed by atoms with E-state index in [0.29, 0.717) is 41.7 Å². The number of rotatable bonds is 13. The summed E-state index contributed by atoms with van der Waals surface area (Å²) in [7, 11) is 0. The predicted octanol–water partition coefficient (Wildman–Crippen LogP) is 4.25. The molecule has 0 aliphatic carbocycles. The van der Waals surface area contributed by atoms with Crippen LogP contribution in [0.4, 0.5) is 11.4 Å². The van der Waals surface area contributed by atoms with Gasteiger partial charge in [-0.3, -0.25) is 4.48 Å². The molecule has 0 fully saturated rings. The maximum absolute atomic E-state index is 6.01. The van der Waals surface area contributed by atoms with Crippen molar-refractivity contribution in [1.29, 1.82) is 0 Å². The Kier molecular flexibility index (Phi) is 7.89. The maximum atomic E-state index is 6.01. The lowest BCUT2D eigenvalue weighted by Crippen LogP contribution is -2.42. The van der Waals surface area contributed by atoms with Crippen LogP contribution in [-0.2, 0) is 34.8 Å². The molecule has 3 aliphatic rings. The molecule has 200 valence electrons. The smallest absolute Gasteiger partial charge is 0.319 e. The Morgan fingerprint density at radius 2 is 1.50 bits per heavy atom. The lowest BCUT2D eigenvalue weighted by atomic mass is 10.1. The second kappa shape index (κ2) is 11.8. The van der Waals surface area contributed by atoms with E-state index in [-0.39, 0.29) is 0 Å². The molecule has 2 aromatic rings. The molecule has 10 nitrogen and oxygen atoms in total. The summed E-state index contributed by atoms with van der Waals surface area (Å²) in [4.78, 5) is 4.31. The number of nitrogens with zero attached hydrogens (tertiary/aromatic N) is 2. The van der Waals surface area contributed by atoms with Crippen molar-refractivity contribution in [3.05, 3.63) is 96.5 Å². The van der Waals surface area contributed by atoms with Crippen LogP contribution in [0.15, 0.2) is 90.3 Å². The number of benzene rings is 2. The van der Waals surface area contributed by atoms with E-state index >= 15 is 0 Å². The zero-order chi connectivity index (χ0) is 26.2. The molecule has 3 aliphatic heterocycles. The number of aliphatic imine (C=N–C) groups is 1. The van der Waals surface area contributed by atoms with Gasteiger partial charge in [-0.1, -0.05) is 30.3 Å². The molecule has 0 amide bonds. The summed E-state index contributed by atoms with van der Waals surface area (Å²) in [6.45, 7) is 2.63. The summed E-state index contributed by atoms with van der Waals surface area (Å²) >= 11 is 0. The van der Waals surface area contributed by atoms with Gasteiger partial charge in [0.2, 0.25) is 6.29 Å². The van der Waals surface area contributed by atoms with Gasteiger partial charge in [-0.15, -0.1) is 0 Å². The Labute approximate surface area is 221 Å². The normalized spacial score (nSPS) is 23.2. The van der Waals surface area contributed by atoms with Crippen LogP contribution >= 0.6 is 0 Å². The molecule has 3 atom stereocenters. The second-order valence-electron chi connectivity index (χ2n) is 9.19. The van der Waals surface area contributed by atoms with Crippen LogP contribution in [-0.4, -0.2) is 43.4 Å². The first-order valence-corrected chi connectivity index (χ1v) is 12.7. The monoisotopic (exact) mass is 521 g/mol. The SMILES string of the molecule is Nc1ccccc1CC1OC=C(OCCC[N+]2(CCCOC3=COC(c4ccccc4N)O3)C=CN=C2)O1. The van der Waals surface area contributed by atoms with Crippen molar-refractivity contribution in [2.75, 3.05) is 37.8 Å². The van der Waals surface area contributed by atoms with E-state index in [1.165, 1.54) is 12.5 Å². The van der Waals surface area contributed by atoms with Crippen LogP contribution in [0.1, 0.15) is 30.3 Å². The van der Waals surface area contributed by atoms with Gasteiger partial charge in [-0.05, 0) is 23.8 Å². The molecule has 5 rings (SSSR count). The second-order valence-corrected chi connectivity index (χ2v) is 9.19. The van der Waals surface area contributed by atoms with Crippen molar-refractivity contribution in [3.63, 3.8) is 0 Å². The number of hydrogen-bond acceptors (Lipinski definition) is 9. The van der Waals surface area contributed by atoms with Crippen LogP contribution < -0.4 is 11.5 Å². The Hall–Kier alpha value is -4.31. The topological polar surface area (TPSA) is 120 Å². The predicted molar refractivity (Wildman–Crippen MR) is 141 cm³/mol. The van der Waals surface area contributed by atoms with E-state index in [1.807, 2.05) is 61.1 Å². The zero-order valence-corrected chi connectivity index (χ0v) is 21.1. The van der Waals surface area contributed by atoms with E-state index in [1.54, 1.807) is 0 Å². The average molecular weight is 522 g/mol. The first kappa shape index (κ1) is 25.3. The minimum absolute atomic E-state index is 0.351. The van der Waals surface area contributed by atoms with Crippen LogP contribution in [0.2, 0.25) is 0 Å². The largest absolute Gasteiger partial charge is 0.463 e. The first-order valence-electron chi connectivity index (χ1n) is 12.7.